The van der Waals surface area contributed by atoms with E-state index in [-0.39, 0.29) is 23.2 Å². The molecular weight excluding hydrogens is 380 g/mol. The van der Waals surface area contributed by atoms with E-state index in [2.05, 4.69) is 35.8 Å². The first kappa shape index (κ1) is 19.8. The molecule has 2 aromatic heterocycles. The minimum Gasteiger partial charge on any atom is -0.493 e. The summed E-state index contributed by atoms with van der Waals surface area (Å²) in [6.45, 7) is 3.75. The lowest BCUT2D eigenvalue weighted by molar-refractivity contribution is 0.0948. The maximum atomic E-state index is 12.6. The molecule has 0 radical (unpaired) electrons. The summed E-state index contributed by atoms with van der Waals surface area (Å²) in [5.41, 5.74) is 9.34. The van der Waals surface area contributed by atoms with Crippen molar-refractivity contribution in [1.82, 2.24) is 30.7 Å². The van der Waals surface area contributed by atoms with Crippen LogP contribution in [0.5, 0.6) is 11.5 Å². The zero-order chi connectivity index (χ0) is 21.0. The van der Waals surface area contributed by atoms with Crippen molar-refractivity contribution in [3.63, 3.8) is 0 Å². The first-order valence-electron chi connectivity index (χ1n) is 8.56. The van der Waals surface area contributed by atoms with Crippen LogP contribution in [0.3, 0.4) is 0 Å². The number of nitrogens with zero attached hydrogens (tertiary/aromatic N) is 6. The summed E-state index contributed by atoms with van der Waals surface area (Å²) in [6.07, 6.45) is 1.44. The molecule has 0 aliphatic heterocycles. The second kappa shape index (κ2) is 8.37. The number of hydrogen-bond donors (Lipinski definition) is 2. The third-order valence-corrected chi connectivity index (χ3v) is 3.97. The van der Waals surface area contributed by atoms with Crippen molar-refractivity contribution >= 4 is 17.9 Å². The molecule has 1 amide bonds. The van der Waals surface area contributed by atoms with Crippen LogP contribution in [-0.4, -0.2) is 51.6 Å². The van der Waals surface area contributed by atoms with E-state index < -0.39 is 5.91 Å². The van der Waals surface area contributed by atoms with Gasteiger partial charge < -0.3 is 15.2 Å². The summed E-state index contributed by atoms with van der Waals surface area (Å²) < 4.78 is 16.5. The summed E-state index contributed by atoms with van der Waals surface area (Å²) in [7, 11) is 3.06. The Balaban J connectivity index is 1.85. The number of rotatable bonds is 7. The molecule has 0 atom stereocenters. The number of anilines is 1. The SMILES string of the molecule is COc1cccc(/C=N\NC(=O)c2nnn(-c3nonc3N)c2C(C)C)c1OC. The van der Waals surface area contributed by atoms with Gasteiger partial charge in [-0.3, -0.25) is 4.79 Å². The van der Waals surface area contributed by atoms with E-state index in [0.29, 0.717) is 22.8 Å². The molecule has 2 heterocycles. The Morgan fingerprint density at radius 1 is 1.31 bits per heavy atom. The summed E-state index contributed by atoms with van der Waals surface area (Å²) >= 11 is 0. The zero-order valence-corrected chi connectivity index (χ0v) is 16.3. The molecule has 0 spiro atoms. The maximum absolute atomic E-state index is 12.6. The summed E-state index contributed by atoms with van der Waals surface area (Å²) in [5.74, 6) is 0.566. The van der Waals surface area contributed by atoms with E-state index in [4.69, 9.17) is 15.2 Å². The first-order valence-corrected chi connectivity index (χ1v) is 8.56. The third-order valence-electron chi connectivity index (χ3n) is 3.97. The van der Waals surface area contributed by atoms with Crippen molar-refractivity contribution in [3.05, 3.63) is 35.2 Å². The monoisotopic (exact) mass is 400 g/mol. The minimum atomic E-state index is -0.548. The molecule has 0 aliphatic carbocycles. The number of carbonyl (C=O) groups is 1. The number of nitrogens with two attached hydrogens (primary N) is 1. The number of para-hydroxylation sites is 1. The zero-order valence-electron chi connectivity index (χ0n) is 16.3. The predicted octanol–water partition coefficient (Wildman–Crippen LogP) is 1.14. The van der Waals surface area contributed by atoms with Crippen molar-refractivity contribution in [2.45, 2.75) is 19.8 Å². The molecular formula is C17H20N8O4. The van der Waals surface area contributed by atoms with Crippen LogP contribution in [-0.2, 0) is 0 Å². The van der Waals surface area contributed by atoms with E-state index >= 15 is 0 Å². The van der Waals surface area contributed by atoms with Crippen molar-refractivity contribution in [3.8, 4) is 17.3 Å². The van der Waals surface area contributed by atoms with Gasteiger partial charge in [-0.25, -0.2) is 10.1 Å². The predicted molar refractivity (Wildman–Crippen MR) is 102 cm³/mol. The van der Waals surface area contributed by atoms with Crippen LogP contribution in [0.4, 0.5) is 5.82 Å². The number of carbonyl (C=O) groups excluding carboxylic acids is 1. The van der Waals surface area contributed by atoms with Crippen molar-refractivity contribution in [2.75, 3.05) is 20.0 Å². The Hall–Kier alpha value is -3.96. The van der Waals surface area contributed by atoms with E-state index in [1.807, 2.05) is 13.8 Å². The maximum Gasteiger partial charge on any atom is 0.293 e. The van der Waals surface area contributed by atoms with Gasteiger partial charge in [-0.05, 0) is 28.4 Å². The highest BCUT2D eigenvalue weighted by atomic mass is 16.6. The number of nitrogens with one attached hydrogen (secondary N) is 1. The van der Waals surface area contributed by atoms with Crippen LogP contribution >= 0.6 is 0 Å². The topological polar surface area (TPSA) is 156 Å². The number of amides is 1. The molecule has 3 rings (SSSR count). The van der Waals surface area contributed by atoms with Crippen molar-refractivity contribution in [2.24, 2.45) is 5.10 Å². The van der Waals surface area contributed by atoms with Crippen molar-refractivity contribution < 1.29 is 18.9 Å². The van der Waals surface area contributed by atoms with Gasteiger partial charge in [0.1, 0.15) is 0 Å². The fourth-order valence-electron chi connectivity index (χ4n) is 2.69. The number of benzene rings is 1. The number of nitrogen functional groups attached to an aromatic ring is 1. The molecule has 29 heavy (non-hydrogen) atoms. The molecule has 1 aromatic carbocycles. The Labute approximate surface area is 165 Å². The van der Waals surface area contributed by atoms with E-state index in [1.165, 1.54) is 25.1 Å². The molecule has 0 bridgehead atoms. The lowest BCUT2D eigenvalue weighted by Crippen LogP contribution is -2.21. The lowest BCUT2D eigenvalue weighted by Gasteiger charge is -2.09. The number of ether oxygens (including phenoxy) is 2. The summed E-state index contributed by atoms with van der Waals surface area (Å²) in [6, 6.07) is 5.31. The quantitative estimate of drug-likeness (QED) is 0.438. The Morgan fingerprint density at radius 2 is 2.10 bits per heavy atom. The number of hydrogen-bond acceptors (Lipinski definition) is 10. The van der Waals surface area contributed by atoms with E-state index in [1.54, 1.807) is 18.2 Å². The average Bonchev–Trinajstić information content (AvgIpc) is 3.33. The Morgan fingerprint density at radius 3 is 2.72 bits per heavy atom. The first-order chi connectivity index (χ1) is 14.0. The molecule has 0 saturated heterocycles. The molecule has 0 saturated carbocycles. The summed E-state index contributed by atoms with van der Waals surface area (Å²) in [5, 5.41) is 19.1. The lowest BCUT2D eigenvalue weighted by atomic mass is 10.1. The Bertz CT molecular complexity index is 1040. The molecule has 0 aliphatic rings. The minimum absolute atomic E-state index is 0.0342. The van der Waals surface area contributed by atoms with Gasteiger partial charge in [0.05, 0.1) is 26.1 Å². The number of aromatic nitrogens is 5. The number of methoxy groups -OCH3 is 2. The normalized spacial score (nSPS) is 11.2. The fraction of sp³-hybridized carbons (Fsp3) is 0.294. The highest BCUT2D eigenvalue weighted by Gasteiger charge is 2.25. The number of hydrazone groups is 1. The second-order valence-electron chi connectivity index (χ2n) is 6.14. The molecule has 3 aromatic rings. The van der Waals surface area contributed by atoms with Gasteiger partial charge in [-0.15, -0.1) is 5.10 Å². The van der Waals surface area contributed by atoms with Crippen LogP contribution in [0.25, 0.3) is 5.82 Å². The third kappa shape index (κ3) is 3.85. The van der Waals surface area contributed by atoms with Gasteiger partial charge in [-0.2, -0.15) is 9.78 Å². The van der Waals surface area contributed by atoms with Crippen LogP contribution in [0.2, 0.25) is 0 Å². The van der Waals surface area contributed by atoms with Crippen LogP contribution < -0.4 is 20.6 Å². The molecule has 0 unspecified atom stereocenters. The molecule has 0 fully saturated rings. The largest absolute Gasteiger partial charge is 0.493 e. The second-order valence-corrected chi connectivity index (χ2v) is 6.14. The average molecular weight is 400 g/mol. The van der Waals surface area contributed by atoms with Gasteiger partial charge in [0.2, 0.25) is 11.6 Å². The van der Waals surface area contributed by atoms with E-state index in [0.717, 1.165) is 0 Å². The standard InChI is InChI=1S/C17H20N8O4/c1-9(2)13-12(20-24-25(13)16-15(18)22-29-23-16)17(26)21-19-8-10-6-5-7-11(27-3)14(10)28-4/h5-9H,1-4H3,(H2,18,22)(H,21,26)/b19-8-. The van der Waals surface area contributed by atoms with Gasteiger partial charge in [0.25, 0.3) is 5.91 Å². The molecule has 12 heteroatoms. The van der Waals surface area contributed by atoms with Crippen LogP contribution in [0.15, 0.2) is 27.9 Å². The molecule has 3 N–H and O–H groups in total. The van der Waals surface area contributed by atoms with E-state index in [9.17, 15) is 4.79 Å². The highest BCUT2D eigenvalue weighted by molar-refractivity contribution is 5.94. The fourth-order valence-corrected chi connectivity index (χ4v) is 2.69. The van der Waals surface area contributed by atoms with Gasteiger partial charge in [0.15, 0.2) is 17.2 Å². The van der Waals surface area contributed by atoms with Crippen LogP contribution in [0.1, 0.15) is 41.5 Å². The van der Waals surface area contributed by atoms with Gasteiger partial charge >= 0.3 is 0 Å². The van der Waals surface area contributed by atoms with Gasteiger partial charge in [-0.1, -0.05) is 25.1 Å². The van der Waals surface area contributed by atoms with Gasteiger partial charge in [0, 0.05) is 5.56 Å². The molecule has 12 nitrogen and oxygen atoms in total. The summed E-state index contributed by atoms with van der Waals surface area (Å²) in [4.78, 5) is 12.6. The molecule has 152 valence electrons. The van der Waals surface area contributed by atoms with Crippen LogP contribution in [0, 0.1) is 0 Å². The highest BCUT2D eigenvalue weighted by Crippen LogP contribution is 2.29. The smallest absolute Gasteiger partial charge is 0.293 e. The van der Waals surface area contributed by atoms with Crippen molar-refractivity contribution in [1.29, 1.82) is 0 Å². The Kier molecular flexibility index (Phi) is 5.71.